The van der Waals surface area contributed by atoms with E-state index >= 15 is 0 Å². The second-order valence-electron chi connectivity index (χ2n) is 9.13. The van der Waals surface area contributed by atoms with Gasteiger partial charge in [0.25, 0.3) is 0 Å². The lowest BCUT2D eigenvalue weighted by atomic mass is 9.79. The van der Waals surface area contributed by atoms with Crippen LogP contribution in [0, 0.1) is 0 Å². The van der Waals surface area contributed by atoms with Crippen LogP contribution in [0.3, 0.4) is 0 Å². The monoisotopic (exact) mass is 478 g/mol. The molecule has 9 nitrogen and oxygen atoms in total. The maximum Gasteiger partial charge on any atom is 0.341 e. The molecule has 1 saturated carbocycles. The number of ether oxygens (including phenoxy) is 3. The largest absolute Gasteiger partial charge is 0.504 e. The highest BCUT2D eigenvalue weighted by Crippen LogP contribution is 2.47. The van der Waals surface area contributed by atoms with Crippen LogP contribution in [0.25, 0.3) is 6.08 Å². The molecule has 0 unspecified atom stereocenters. The predicted octanol–water partition coefficient (Wildman–Crippen LogP) is 2.93. The zero-order valence-corrected chi connectivity index (χ0v) is 19.6. The average Bonchev–Trinajstić information content (AvgIpc) is 3.06. The molecule has 34 heavy (non-hydrogen) atoms. The van der Waals surface area contributed by atoms with E-state index in [1.165, 1.54) is 24.3 Å². The highest BCUT2D eigenvalue weighted by Gasteiger charge is 2.62. The number of cyclic esters (lactones) is 1. The van der Waals surface area contributed by atoms with Crippen molar-refractivity contribution in [3.8, 4) is 11.5 Å². The summed E-state index contributed by atoms with van der Waals surface area (Å²) in [6.45, 7) is 4.06. The van der Waals surface area contributed by atoms with Crippen LogP contribution < -0.4 is 0 Å². The van der Waals surface area contributed by atoms with Crippen molar-refractivity contribution in [2.24, 2.45) is 0 Å². The molecule has 2 aliphatic rings. The molecule has 2 fully saturated rings. The van der Waals surface area contributed by atoms with Gasteiger partial charge in [-0.1, -0.05) is 32.8 Å². The number of aromatic hydroxyl groups is 2. The Hall–Kier alpha value is -2.62. The SMILES string of the molecule is CCCCC1(CCCC)OC(=O)[C@@]2(C[C@@H](O)[C@@H](O)[C@H](OC(=O)/C=C/c3ccc(O)c(O)c3)C2)O1. The summed E-state index contributed by atoms with van der Waals surface area (Å²) in [5.41, 5.74) is -1.07. The summed E-state index contributed by atoms with van der Waals surface area (Å²) in [5.74, 6) is -3.13. The second kappa shape index (κ2) is 10.8. The Morgan fingerprint density at radius 2 is 1.79 bits per heavy atom. The number of benzene rings is 1. The second-order valence-corrected chi connectivity index (χ2v) is 9.13. The van der Waals surface area contributed by atoms with E-state index in [0.29, 0.717) is 18.4 Å². The zero-order valence-electron chi connectivity index (χ0n) is 19.6. The number of phenols is 2. The van der Waals surface area contributed by atoms with Gasteiger partial charge in [-0.2, -0.15) is 0 Å². The molecule has 0 bridgehead atoms. The summed E-state index contributed by atoms with van der Waals surface area (Å²) in [4.78, 5) is 25.4. The molecule has 188 valence electrons. The molecule has 1 aliphatic carbocycles. The van der Waals surface area contributed by atoms with Crippen molar-refractivity contribution in [2.45, 2.75) is 94.9 Å². The minimum absolute atomic E-state index is 0.135. The Kier molecular flexibility index (Phi) is 8.22. The van der Waals surface area contributed by atoms with Crippen LogP contribution in [0.1, 0.15) is 70.8 Å². The van der Waals surface area contributed by atoms with Gasteiger partial charge in [0.15, 0.2) is 17.1 Å². The molecule has 0 radical (unpaired) electrons. The molecular weight excluding hydrogens is 444 g/mol. The van der Waals surface area contributed by atoms with Crippen LogP contribution >= 0.6 is 0 Å². The summed E-state index contributed by atoms with van der Waals surface area (Å²) >= 11 is 0. The highest BCUT2D eigenvalue weighted by molar-refractivity contribution is 5.87. The molecule has 1 aliphatic heterocycles. The quantitative estimate of drug-likeness (QED) is 0.239. The first-order chi connectivity index (χ1) is 16.1. The van der Waals surface area contributed by atoms with E-state index in [1.807, 2.05) is 13.8 Å². The summed E-state index contributed by atoms with van der Waals surface area (Å²) in [5, 5.41) is 39.9. The van der Waals surface area contributed by atoms with Gasteiger partial charge in [0.1, 0.15) is 12.2 Å². The molecule has 4 N–H and O–H groups in total. The minimum Gasteiger partial charge on any atom is -0.504 e. The maximum atomic E-state index is 13.0. The van der Waals surface area contributed by atoms with Gasteiger partial charge in [-0.05, 0) is 36.6 Å². The lowest BCUT2D eigenvalue weighted by Crippen LogP contribution is -2.56. The van der Waals surface area contributed by atoms with Crippen molar-refractivity contribution >= 4 is 18.0 Å². The van der Waals surface area contributed by atoms with E-state index in [2.05, 4.69) is 0 Å². The number of rotatable bonds is 9. The fourth-order valence-electron chi connectivity index (χ4n) is 4.50. The topological polar surface area (TPSA) is 143 Å². The number of phenolic OH excluding ortho intramolecular Hbond substituents is 2. The van der Waals surface area contributed by atoms with Crippen molar-refractivity contribution in [3.05, 3.63) is 29.8 Å². The van der Waals surface area contributed by atoms with Crippen molar-refractivity contribution < 1.29 is 44.2 Å². The van der Waals surface area contributed by atoms with E-state index in [4.69, 9.17) is 14.2 Å². The summed E-state index contributed by atoms with van der Waals surface area (Å²) in [6.07, 6.45) is 2.71. The Labute approximate surface area is 199 Å². The van der Waals surface area contributed by atoms with Gasteiger partial charge in [0.2, 0.25) is 5.79 Å². The molecule has 1 aromatic rings. The predicted molar refractivity (Wildman–Crippen MR) is 122 cm³/mol. The number of esters is 2. The van der Waals surface area contributed by atoms with E-state index in [-0.39, 0.29) is 24.3 Å². The Morgan fingerprint density at radius 1 is 1.12 bits per heavy atom. The third-order valence-corrected chi connectivity index (χ3v) is 6.38. The van der Waals surface area contributed by atoms with Gasteiger partial charge < -0.3 is 34.6 Å². The van der Waals surface area contributed by atoms with Crippen molar-refractivity contribution in [2.75, 3.05) is 0 Å². The molecule has 1 spiro atoms. The number of aliphatic hydroxyl groups excluding tert-OH is 2. The molecule has 1 heterocycles. The van der Waals surface area contributed by atoms with E-state index in [1.54, 1.807) is 0 Å². The number of unbranched alkanes of at least 4 members (excludes halogenated alkanes) is 2. The van der Waals surface area contributed by atoms with E-state index < -0.39 is 41.6 Å². The molecular formula is C25H34O9. The van der Waals surface area contributed by atoms with Crippen molar-refractivity contribution in [3.63, 3.8) is 0 Å². The van der Waals surface area contributed by atoms with Gasteiger partial charge in [-0.25, -0.2) is 9.59 Å². The summed E-state index contributed by atoms with van der Waals surface area (Å²) in [7, 11) is 0. The lowest BCUT2D eigenvalue weighted by Gasteiger charge is -2.40. The van der Waals surface area contributed by atoms with E-state index in [0.717, 1.165) is 31.8 Å². The maximum absolute atomic E-state index is 13.0. The van der Waals surface area contributed by atoms with Gasteiger partial charge in [-0.15, -0.1) is 0 Å². The third-order valence-electron chi connectivity index (χ3n) is 6.38. The Morgan fingerprint density at radius 3 is 2.41 bits per heavy atom. The van der Waals surface area contributed by atoms with Crippen LogP contribution in [0.2, 0.25) is 0 Å². The average molecular weight is 479 g/mol. The Balaban J connectivity index is 1.74. The first-order valence-corrected chi connectivity index (χ1v) is 11.8. The van der Waals surface area contributed by atoms with Crippen molar-refractivity contribution in [1.29, 1.82) is 0 Å². The molecule has 4 atom stereocenters. The van der Waals surface area contributed by atoms with Gasteiger partial charge in [0.05, 0.1) is 6.10 Å². The normalized spacial score (nSPS) is 28.4. The van der Waals surface area contributed by atoms with Gasteiger partial charge in [-0.3, -0.25) is 0 Å². The zero-order chi connectivity index (χ0) is 24.9. The van der Waals surface area contributed by atoms with Crippen LogP contribution in [-0.2, 0) is 23.8 Å². The van der Waals surface area contributed by atoms with Gasteiger partial charge in [0, 0.05) is 31.8 Å². The van der Waals surface area contributed by atoms with Crippen LogP contribution in [0.15, 0.2) is 24.3 Å². The molecule has 0 amide bonds. The minimum atomic E-state index is -1.50. The molecule has 0 aromatic heterocycles. The number of hydrogen-bond donors (Lipinski definition) is 4. The highest BCUT2D eigenvalue weighted by atomic mass is 16.8. The first-order valence-electron chi connectivity index (χ1n) is 11.8. The number of aliphatic hydroxyl groups is 2. The van der Waals surface area contributed by atoms with Crippen LogP contribution in [-0.4, -0.2) is 62.1 Å². The summed E-state index contributed by atoms with van der Waals surface area (Å²) in [6, 6.07) is 4.03. The smallest absolute Gasteiger partial charge is 0.341 e. The van der Waals surface area contributed by atoms with Crippen molar-refractivity contribution in [1.82, 2.24) is 0 Å². The number of hydrogen-bond acceptors (Lipinski definition) is 9. The summed E-state index contributed by atoms with van der Waals surface area (Å²) < 4.78 is 17.4. The lowest BCUT2D eigenvalue weighted by molar-refractivity contribution is -0.227. The Bertz CT molecular complexity index is 904. The number of carbonyl (C=O) groups is 2. The van der Waals surface area contributed by atoms with E-state index in [9.17, 15) is 30.0 Å². The first kappa shape index (κ1) is 26.0. The third kappa shape index (κ3) is 5.71. The molecule has 1 saturated heterocycles. The molecule has 9 heteroatoms. The van der Waals surface area contributed by atoms with Gasteiger partial charge >= 0.3 is 11.9 Å². The fraction of sp³-hybridized carbons (Fsp3) is 0.600. The molecule has 3 rings (SSSR count). The van der Waals surface area contributed by atoms with Crippen LogP contribution in [0.4, 0.5) is 0 Å². The van der Waals surface area contributed by atoms with Crippen LogP contribution in [0.5, 0.6) is 11.5 Å². The molecule has 1 aromatic carbocycles. The standard InChI is InChI=1S/C25H34O9/c1-3-5-11-25(12-6-4-2)33-23(31)24(34-25)14-19(28)22(30)20(15-24)32-21(29)10-8-16-7-9-17(26)18(27)13-16/h7-10,13,19-20,22,26-28,30H,3-6,11-12,14-15H2,1-2H3/b10-8+/t19-,20-,22-,24+/m1/s1. The number of carbonyl (C=O) groups excluding carboxylic acids is 2. The fourth-order valence-corrected chi connectivity index (χ4v) is 4.50.